The van der Waals surface area contributed by atoms with Gasteiger partial charge < -0.3 is 25.2 Å². The number of ketones is 3. The molecule has 0 bridgehead atoms. The Labute approximate surface area is 205 Å². The van der Waals surface area contributed by atoms with Crippen LogP contribution in [0.15, 0.2) is 22.7 Å². The van der Waals surface area contributed by atoms with E-state index in [-0.39, 0.29) is 46.6 Å². The lowest BCUT2D eigenvalue weighted by molar-refractivity contribution is -0.127. The van der Waals surface area contributed by atoms with Crippen molar-refractivity contribution < 1.29 is 39.5 Å². The molecule has 0 spiro atoms. The summed E-state index contributed by atoms with van der Waals surface area (Å²) in [4.78, 5) is 38.7. The van der Waals surface area contributed by atoms with Crippen molar-refractivity contribution in [3.63, 3.8) is 0 Å². The van der Waals surface area contributed by atoms with E-state index in [1.54, 1.807) is 0 Å². The molecule has 1 aliphatic rings. The molecule has 8 heteroatoms. The molecule has 1 aliphatic carbocycles. The van der Waals surface area contributed by atoms with Crippen LogP contribution in [0.25, 0.3) is 0 Å². The molecular formula is C27H36O8. The molecule has 1 aromatic rings. The summed E-state index contributed by atoms with van der Waals surface area (Å²) in [5, 5.41) is 43.7. The molecule has 0 unspecified atom stereocenters. The summed E-state index contributed by atoms with van der Waals surface area (Å²) in [5.74, 6) is -3.66. The van der Waals surface area contributed by atoms with Crippen LogP contribution in [0.3, 0.4) is 0 Å². The zero-order chi connectivity index (χ0) is 26.7. The Balaban J connectivity index is 2.72. The Bertz CT molecular complexity index is 1100. The molecule has 0 saturated carbocycles. The molecule has 0 saturated heterocycles. The monoisotopic (exact) mass is 488 g/mol. The van der Waals surface area contributed by atoms with Crippen LogP contribution in [0.1, 0.15) is 87.7 Å². The highest BCUT2D eigenvalue weighted by atomic mass is 16.5. The van der Waals surface area contributed by atoms with Gasteiger partial charge in [-0.3, -0.25) is 14.4 Å². The molecule has 0 heterocycles. The molecule has 0 aliphatic heterocycles. The quantitative estimate of drug-likeness (QED) is 0.186. The summed E-state index contributed by atoms with van der Waals surface area (Å²) in [6.07, 6.45) is 2.50. The van der Waals surface area contributed by atoms with Crippen LogP contribution in [-0.4, -0.2) is 44.9 Å². The summed E-state index contributed by atoms with van der Waals surface area (Å²) < 4.78 is 5.28. The molecule has 1 aromatic carbocycles. The Kier molecular flexibility index (Phi) is 8.76. The summed E-state index contributed by atoms with van der Waals surface area (Å²) in [6, 6.07) is 0. The van der Waals surface area contributed by atoms with Crippen molar-refractivity contribution in [2.75, 3.05) is 7.11 Å². The van der Waals surface area contributed by atoms with Gasteiger partial charge >= 0.3 is 0 Å². The van der Waals surface area contributed by atoms with Crippen LogP contribution in [0.4, 0.5) is 0 Å². The Morgan fingerprint density at radius 3 is 2.09 bits per heavy atom. The number of hydrogen-bond acceptors (Lipinski definition) is 8. The first-order chi connectivity index (χ1) is 16.4. The molecule has 0 radical (unpaired) electrons. The van der Waals surface area contributed by atoms with E-state index in [2.05, 4.69) is 0 Å². The minimum atomic E-state index is -1.51. The maximum absolute atomic E-state index is 13.0. The van der Waals surface area contributed by atoms with Gasteiger partial charge in [0, 0.05) is 36.0 Å². The number of carbonyl (C=O) groups excluding carboxylic acids is 3. The van der Waals surface area contributed by atoms with E-state index in [0.717, 1.165) is 12.8 Å². The van der Waals surface area contributed by atoms with Crippen LogP contribution in [0.5, 0.6) is 17.2 Å². The molecule has 0 atom stereocenters. The third kappa shape index (κ3) is 5.06. The van der Waals surface area contributed by atoms with Gasteiger partial charge in [0.05, 0.1) is 12.5 Å². The van der Waals surface area contributed by atoms with Gasteiger partial charge in [-0.25, -0.2) is 0 Å². The van der Waals surface area contributed by atoms with Gasteiger partial charge in [-0.1, -0.05) is 26.7 Å². The number of hydrogen-bond donors (Lipinski definition) is 4. The standard InChI is InChI=1S/C27H36O8/c1-7-9-10-12-18(29)20-23(32)16(25(33)27(4,5)26(20)34)13-15-21(30)14(3)24(35-6)19(22(15)31)17(28)11-8-2/h30-33H,7-13H2,1-6H3. The number of allylic oxidation sites excluding steroid dienone is 3. The second-order valence-electron chi connectivity index (χ2n) is 9.44. The fourth-order valence-corrected chi connectivity index (χ4v) is 4.36. The maximum Gasteiger partial charge on any atom is 0.183 e. The molecule has 192 valence electrons. The van der Waals surface area contributed by atoms with Gasteiger partial charge in [-0.15, -0.1) is 0 Å². The van der Waals surface area contributed by atoms with Crippen LogP contribution >= 0.6 is 0 Å². The normalized spacial score (nSPS) is 15.5. The molecule has 8 nitrogen and oxygen atoms in total. The number of Topliss-reactive ketones (excluding diaryl/α,β-unsaturated/α-hetero) is 3. The van der Waals surface area contributed by atoms with E-state index in [9.17, 15) is 34.8 Å². The van der Waals surface area contributed by atoms with Gasteiger partial charge in [0.15, 0.2) is 17.3 Å². The van der Waals surface area contributed by atoms with Gasteiger partial charge in [0.25, 0.3) is 0 Å². The number of phenols is 2. The van der Waals surface area contributed by atoms with Crippen molar-refractivity contribution >= 4 is 17.3 Å². The number of aliphatic hydroxyl groups is 2. The number of phenolic OH excluding ortho intramolecular Hbond substituents is 2. The van der Waals surface area contributed by atoms with Crippen LogP contribution in [0, 0.1) is 12.3 Å². The van der Waals surface area contributed by atoms with Gasteiger partial charge in [0.2, 0.25) is 0 Å². The first-order valence-corrected chi connectivity index (χ1v) is 11.9. The summed E-state index contributed by atoms with van der Waals surface area (Å²) in [7, 11) is 1.32. The second kappa shape index (κ2) is 11.0. The average molecular weight is 489 g/mol. The zero-order valence-corrected chi connectivity index (χ0v) is 21.4. The molecule has 35 heavy (non-hydrogen) atoms. The average Bonchev–Trinajstić information content (AvgIpc) is 2.80. The lowest BCUT2D eigenvalue weighted by Gasteiger charge is -2.31. The minimum absolute atomic E-state index is 0.0334. The molecule has 4 N–H and O–H groups in total. The SMILES string of the molecule is CCCCCC(=O)C1=C(O)C(Cc2c(O)c(C)c(OC)c(C(=O)CCC)c2O)=C(O)C(C)(C)C1=O. The summed E-state index contributed by atoms with van der Waals surface area (Å²) >= 11 is 0. The molecule has 0 amide bonds. The number of carbonyl (C=O) groups is 3. The highest BCUT2D eigenvalue weighted by Gasteiger charge is 2.45. The van der Waals surface area contributed by atoms with Crippen molar-refractivity contribution in [3.8, 4) is 17.2 Å². The van der Waals surface area contributed by atoms with E-state index in [1.165, 1.54) is 27.9 Å². The second-order valence-corrected chi connectivity index (χ2v) is 9.44. The number of rotatable bonds is 11. The largest absolute Gasteiger partial charge is 0.511 e. The Hall–Kier alpha value is -3.29. The van der Waals surface area contributed by atoms with E-state index in [4.69, 9.17) is 4.74 Å². The minimum Gasteiger partial charge on any atom is -0.511 e. The lowest BCUT2D eigenvalue weighted by atomic mass is 9.73. The fourth-order valence-electron chi connectivity index (χ4n) is 4.36. The summed E-state index contributed by atoms with van der Waals surface area (Å²) in [5.41, 5.74) is -2.11. The number of aromatic hydroxyl groups is 2. The van der Waals surface area contributed by atoms with E-state index in [0.29, 0.717) is 12.8 Å². The zero-order valence-electron chi connectivity index (χ0n) is 21.4. The number of methoxy groups -OCH3 is 1. The Morgan fingerprint density at radius 2 is 1.54 bits per heavy atom. The third-order valence-corrected chi connectivity index (χ3v) is 6.53. The Morgan fingerprint density at radius 1 is 0.914 bits per heavy atom. The molecular weight excluding hydrogens is 452 g/mol. The van der Waals surface area contributed by atoms with Crippen molar-refractivity contribution in [3.05, 3.63) is 39.4 Å². The first kappa shape index (κ1) is 28.0. The van der Waals surface area contributed by atoms with Crippen molar-refractivity contribution in [1.29, 1.82) is 0 Å². The van der Waals surface area contributed by atoms with E-state index < -0.39 is 52.0 Å². The molecule has 0 fully saturated rings. The number of unbranched alkanes of at least 4 members (excludes halogenated alkanes) is 2. The number of ether oxygens (including phenoxy) is 1. The van der Waals surface area contributed by atoms with E-state index in [1.807, 2.05) is 13.8 Å². The predicted octanol–water partition coefficient (Wildman–Crippen LogP) is 5.32. The topological polar surface area (TPSA) is 141 Å². The maximum atomic E-state index is 13.0. The van der Waals surface area contributed by atoms with Gasteiger partial charge in [-0.05, 0) is 33.6 Å². The predicted molar refractivity (Wildman–Crippen MR) is 131 cm³/mol. The fraction of sp³-hybridized carbons (Fsp3) is 0.519. The van der Waals surface area contributed by atoms with Crippen molar-refractivity contribution in [2.45, 2.75) is 79.6 Å². The lowest BCUT2D eigenvalue weighted by Crippen LogP contribution is -2.37. The van der Waals surface area contributed by atoms with Crippen molar-refractivity contribution in [2.24, 2.45) is 5.41 Å². The smallest absolute Gasteiger partial charge is 0.183 e. The molecule has 0 aromatic heterocycles. The van der Waals surface area contributed by atoms with Crippen LogP contribution < -0.4 is 4.74 Å². The van der Waals surface area contributed by atoms with Crippen molar-refractivity contribution in [1.82, 2.24) is 0 Å². The molecule has 2 rings (SSSR count). The highest BCUT2D eigenvalue weighted by Crippen LogP contribution is 2.46. The van der Waals surface area contributed by atoms with Crippen LogP contribution in [-0.2, 0) is 16.0 Å². The number of benzene rings is 1. The third-order valence-electron chi connectivity index (χ3n) is 6.53. The van der Waals surface area contributed by atoms with Gasteiger partial charge in [0.1, 0.15) is 39.9 Å². The van der Waals surface area contributed by atoms with Crippen LogP contribution in [0.2, 0.25) is 0 Å². The number of aliphatic hydroxyl groups excluding tert-OH is 2. The first-order valence-electron chi connectivity index (χ1n) is 11.9. The summed E-state index contributed by atoms with van der Waals surface area (Å²) in [6.45, 7) is 8.17. The van der Waals surface area contributed by atoms with Gasteiger partial charge in [-0.2, -0.15) is 0 Å². The highest BCUT2D eigenvalue weighted by molar-refractivity contribution is 6.24. The van der Waals surface area contributed by atoms with E-state index >= 15 is 0 Å².